The quantitative estimate of drug-likeness (QED) is 0.381. The lowest BCUT2D eigenvalue weighted by molar-refractivity contribution is 0.102. The maximum atomic E-state index is 14.8. The van der Waals surface area contributed by atoms with Crippen LogP contribution in [0.4, 0.5) is 10.1 Å². The number of H-pyrrole nitrogens is 1. The Labute approximate surface area is 197 Å². The first-order chi connectivity index (χ1) is 16.3. The molecule has 8 nitrogen and oxygen atoms in total. The Bertz CT molecular complexity index is 1660. The number of aromatic amines is 1. The van der Waals surface area contributed by atoms with Crippen molar-refractivity contribution in [1.82, 2.24) is 19.5 Å². The van der Waals surface area contributed by atoms with Gasteiger partial charge in [0.2, 0.25) is 11.3 Å². The van der Waals surface area contributed by atoms with E-state index in [9.17, 15) is 14.0 Å². The number of aryl methyl sites for hydroxylation is 1. The smallest absolute Gasteiger partial charge is 0.261 e. The number of anilines is 1. The number of carbonyl (C=O) groups is 1. The Morgan fingerprint density at radius 2 is 1.97 bits per heavy atom. The van der Waals surface area contributed by atoms with Crippen molar-refractivity contribution in [3.05, 3.63) is 87.3 Å². The highest BCUT2D eigenvalue weighted by Crippen LogP contribution is 2.29. The SMILES string of the molecule is Cc1c(C(=O)Nc2ccc(Oc3ncnc4[nH]ccc34)c(F)c2)c(=O)c2cc(Cl)ccc2n1C. The maximum Gasteiger partial charge on any atom is 0.261 e. The summed E-state index contributed by atoms with van der Waals surface area (Å²) in [5.41, 5.74) is 1.34. The van der Waals surface area contributed by atoms with E-state index in [2.05, 4.69) is 20.3 Å². The highest BCUT2D eigenvalue weighted by molar-refractivity contribution is 6.31. The van der Waals surface area contributed by atoms with Gasteiger partial charge in [-0.25, -0.2) is 14.4 Å². The van der Waals surface area contributed by atoms with Crippen molar-refractivity contribution in [3.8, 4) is 11.6 Å². The molecule has 5 aromatic rings. The number of fused-ring (bicyclic) bond motifs is 2. The van der Waals surface area contributed by atoms with Crippen LogP contribution < -0.4 is 15.5 Å². The van der Waals surface area contributed by atoms with Gasteiger partial charge in [-0.1, -0.05) is 11.6 Å². The molecule has 3 aromatic heterocycles. The van der Waals surface area contributed by atoms with Gasteiger partial charge >= 0.3 is 0 Å². The molecule has 0 radical (unpaired) electrons. The number of nitrogens with one attached hydrogen (secondary N) is 2. The Morgan fingerprint density at radius 3 is 2.76 bits per heavy atom. The second kappa shape index (κ2) is 8.27. The van der Waals surface area contributed by atoms with Crippen molar-refractivity contribution in [2.75, 3.05) is 5.32 Å². The average Bonchev–Trinajstić information content (AvgIpc) is 3.29. The van der Waals surface area contributed by atoms with Crippen molar-refractivity contribution in [2.45, 2.75) is 6.92 Å². The first-order valence-corrected chi connectivity index (χ1v) is 10.6. The summed E-state index contributed by atoms with van der Waals surface area (Å²) in [4.78, 5) is 37.1. The fourth-order valence-electron chi connectivity index (χ4n) is 3.79. The fourth-order valence-corrected chi connectivity index (χ4v) is 3.96. The molecule has 0 aliphatic heterocycles. The van der Waals surface area contributed by atoms with Gasteiger partial charge in [0, 0.05) is 41.1 Å². The maximum absolute atomic E-state index is 14.8. The monoisotopic (exact) mass is 477 g/mol. The second-order valence-electron chi connectivity index (χ2n) is 7.63. The lowest BCUT2D eigenvalue weighted by atomic mass is 10.1. The minimum Gasteiger partial charge on any atom is -0.435 e. The number of aromatic nitrogens is 4. The lowest BCUT2D eigenvalue weighted by Crippen LogP contribution is -2.26. The van der Waals surface area contributed by atoms with Gasteiger partial charge in [-0.15, -0.1) is 0 Å². The number of halogens is 2. The van der Waals surface area contributed by atoms with E-state index in [1.165, 1.54) is 24.5 Å². The molecule has 0 unspecified atom stereocenters. The highest BCUT2D eigenvalue weighted by Gasteiger charge is 2.20. The van der Waals surface area contributed by atoms with Crippen molar-refractivity contribution < 1.29 is 13.9 Å². The van der Waals surface area contributed by atoms with Crippen LogP contribution in [0, 0.1) is 12.7 Å². The largest absolute Gasteiger partial charge is 0.435 e. The second-order valence-corrected chi connectivity index (χ2v) is 8.07. The van der Waals surface area contributed by atoms with E-state index < -0.39 is 17.2 Å². The van der Waals surface area contributed by atoms with E-state index in [1.54, 1.807) is 42.9 Å². The topological polar surface area (TPSA) is 102 Å². The molecule has 2 aromatic carbocycles. The molecule has 0 atom stereocenters. The third-order valence-corrected chi connectivity index (χ3v) is 5.83. The Hall–Kier alpha value is -4.24. The van der Waals surface area contributed by atoms with Crippen LogP contribution in [0.25, 0.3) is 21.9 Å². The van der Waals surface area contributed by atoms with E-state index in [1.807, 2.05) is 0 Å². The van der Waals surface area contributed by atoms with Gasteiger partial charge in [-0.05, 0) is 43.3 Å². The summed E-state index contributed by atoms with van der Waals surface area (Å²) in [6.07, 6.45) is 2.98. The molecule has 170 valence electrons. The van der Waals surface area contributed by atoms with Gasteiger partial charge < -0.3 is 19.6 Å². The minimum atomic E-state index is -0.713. The highest BCUT2D eigenvalue weighted by atomic mass is 35.5. The fraction of sp³-hybridized carbons (Fsp3) is 0.0833. The molecule has 0 saturated carbocycles. The van der Waals surface area contributed by atoms with Gasteiger partial charge in [-0.2, -0.15) is 0 Å². The zero-order valence-electron chi connectivity index (χ0n) is 18.0. The molecule has 2 N–H and O–H groups in total. The van der Waals surface area contributed by atoms with Crippen LogP contribution in [0.2, 0.25) is 5.02 Å². The third-order valence-electron chi connectivity index (χ3n) is 5.60. The molecule has 0 spiro atoms. The Kier molecular flexibility index (Phi) is 5.25. The van der Waals surface area contributed by atoms with E-state index in [-0.39, 0.29) is 22.9 Å². The van der Waals surface area contributed by atoms with Crippen molar-refractivity contribution in [1.29, 1.82) is 0 Å². The van der Waals surface area contributed by atoms with Crippen molar-refractivity contribution >= 4 is 45.1 Å². The predicted molar refractivity (Wildman–Crippen MR) is 127 cm³/mol. The van der Waals surface area contributed by atoms with Crippen molar-refractivity contribution in [3.63, 3.8) is 0 Å². The molecule has 0 saturated heterocycles. The van der Waals surface area contributed by atoms with E-state index in [0.29, 0.717) is 32.7 Å². The van der Waals surface area contributed by atoms with E-state index in [4.69, 9.17) is 16.3 Å². The Balaban J connectivity index is 1.45. The standard InChI is InChI=1S/C24H17ClFN5O3/c1-12-20(21(32)16-9-13(25)3-5-18(16)31(12)2)23(33)30-14-4-6-19(17(26)10-14)34-24-15-7-8-27-22(15)28-11-29-24/h3-11H,1-2H3,(H,30,33)(H,27,28,29). The summed E-state index contributed by atoms with van der Waals surface area (Å²) in [5.74, 6) is -1.25. The molecule has 0 aliphatic carbocycles. The number of ether oxygens (including phenoxy) is 1. The molecule has 0 fully saturated rings. The number of carbonyl (C=O) groups excluding carboxylic acids is 1. The number of hydrogen-bond acceptors (Lipinski definition) is 5. The van der Waals surface area contributed by atoms with Gasteiger partial charge in [0.15, 0.2) is 11.6 Å². The first-order valence-electron chi connectivity index (χ1n) is 10.2. The molecule has 3 heterocycles. The van der Waals surface area contributed by atoms with Gasteiger partial charge in [0.05, 0.1) is 10.9 Å². The normalized spacial score (nSPS) is 11.2. The molecular formula is C24H17ClFN5O3. The zero-order chi connectivity index (χ0) is 24.0. The van der Waals surface area contributed by atoms with Gasteiger partial charge in [0.25, 0.3) is 5.91 Å². The summed E-state index contributed by atoms with van der Waals surface area (Å²) < 4.78 is 22.1. The number of rotatable bonds is 4. The molecule has 10 heteroatoms. The van der Waals surface area contributed by atoms with Crippen LogP contribution in [-0.2, 0) is 7.05 Å². The van der Waals surface area contributed by atoms with Crippen LogP contribution in [-0.4, -0.2) is 25.4 Å². The zero-order valence-corrected chi connectivity index (χ0v) is 18.8. The molecule has 0 aliphatic rings. The Morgan fingerprint density at radius 1 is 1.15 bits per heavy atom. The summed E-state index contributed by atoms with van der Waals surface area (Å²) in [6.45, 7) is 1.67. The number of pyridine rings is 1. The number of benzene rings is 2. The van der Waals surface area contributed by atoms with Crippen LogP contribution >= 0.6 is 11.6 Å². The van der Waals surface area contributed by atoms with Crippen LogP contribution in [0.3, 0.4) is 0 Å². The molecule has 5 rings (SSSR count). The summed E-state index contributed by atoms with van der Waals surface area (Å²) in [5, 5.41) is 3.90. The first kappa shape index (κ1) is 21.6. The summed E-state index contributed by atoms with van der Waals surface area (Å²) in [7, 11) is 1.75. The number of hydrogen-bond donors (Lipinski definition) is 2. The van der Waals surface area contributed by atoms with Crippen LogP contribution in [0.1, 0.15) is 16.1 Å². The van der Waals surface area contributed by atoms with Gasteiger partial charge in [-0.3, -0.25) is 9.59 Å². The van der Waals surface area contributed by atoms with E-state index >= 15 is 0 Å². The predicted octanol–water partition coefficient (Wildman–Crippen LogP) is 4.96. The third kappa shape index (κ3) is 3.65. The summed E-state index contributed by atoms with van der Waals surface area (Å²) >= 11 is 6.05. The molecular weight excluding hydrogens is 461 g/mol. The number of amides is 1. The van der Waals surface area contributed by atoms with Crippen LogP contribution in [0.15, 0.2) is 59.8 Å². The molecule has 0 bridgehead atoms. The minimum absolute atomic E-state index is 0.0474. The molecule has 34 heavy (non-hydrogen) atoms. The lowest BCUT2D eigenvalue weighted by Gasteiger charge is -2.15. The summed E-state index contributed by atoms with van der Waals surface area (Å²) in [6, 6.07) is 10.6. The van der Waals surface area contributed by atoms with E-state index in [0.717, 1.165) is 6.07 Å². The molecule has 1 amide bonds. The number of nitrogens with zero attached hydrogens (tertiary/aromatic N) is 3. The van der Waals surface area contributed by atoms with Crippen LogP contribution in [0.5, 0.6) is 11.6 Å². The van der Waals surface area contributed by atoms with Crippen molar-refractivity contribution in [2.24, 2.45) is 7.05 Å². The average molecular weight is 478 g/mol. The van der Waals surface area contributed by atoms with Gasteiger partial charge in [0.1, 0.15) is 17.5 Å².